The van der Waals surface area contributed by atoms with Gasteiger partial charge in [0.2, 0.25) is 0 Å². The Morgan fingerprint density at radius 2 is 1.90 bits per heavy atom. The van der Waals surface area contributed by atoms with Gasteiger partial charge in [0.05, 0.1) is 40.4 Å². The third-order valence-corrected chi connectivity index (χ3v) is 6.65. The van der Waals surface area contributed by atoms with Crippen molar-refractivity contribution in [3.05, 3.63) is 37.1 Å². The van der Waals surface area contributed by atoms with Crippen LogP contribution in [0.1, 0.15) is 12.0 Å². The summed E-state index contributed by atoms with van der Waals surface area (Å²) >= 11 is 12.6. The van der Waals surface area contributed by atoms with Crippen molar-refractivity contribution < 1.29 is 9.53 Å². The number of nitrogens with one attached hydrogen (secondary N) is 1. The summed E-state index contributed by atoms with van der Waals surface area (Å²) in [5, 5.41) is 17.0. The van der Waals surface area contributed by atoms with E-state index in [-0.39, 0.29) is 28.2 Å². The number of nitrogens with zero attached hydrogens (tertiary/aromatic N) is 3. The highest BCUT2D eigenvalue weighted by Crippen LogP contribution is 2.30. The van der Waals surface area contributed by atoms with Gasteiger partial charge in [-0.3, -0.25) is 4.79 Å². The van der Waals surface area contributed by atoms with Gasteiger partial charge in [-0.05, 0) is 31.3 Å². The lowest BCUT2D eigenvalue weighted by atomic mass is 10.3. The summed E-state index contributed by atoms with van der Waals surface area (Å²) in [5.41, 5.74) is 5.63. The average Bonchev–Trinajstić information content (AvgIpc) is 2.74. The zero-order chi connectivity index (χ0) is 24.6. The van der Waals surface area contributed by atoms with Crippen LogP contribution in [0.3, 0.4) is 0 Å². The number of aromatic nitrogens is 1. The van der Waals surface area contributed by atoms with Crippen LogP contribution >= 0.6 is 60.1 Å². The van der Waals surface area contributed by atoms with Crippen molar-refractivity contribution in [1.82, 2.24) is 4.98 Å². The van der Waals surface area contributed by atoms with Crippen molar-refractivity contribution in [2.45, 2.75) is 23.3 Å². The Kier molecular flexibility index (Phi) is 17.6. The van der Waals surface area contributed by atoms with Gasteiger partial charge in [-0.1, -0.05) is 12.2 Å². The third-order valence-electron chi connectivity index (χ3n) is 3.00. The summed E-state index contributed by atoms with van der Waals surface area (Å²) in [6.07, 6.45) is 5.65. The molecule has 0 amide bonds. The van der Waals surface area contributed by atoms with Crippen molar-refractivity contribution in [3.63, 3.8) is 0 Å². The lowest BCUT2D eigenvalue weighted by Gasteiger charge is -2.06. The minimum atomic E-state index is -0.573. The number of methoxy groups -OCH3 is 1. The van der Waals surface area contributed by atoms with Crippen LogP contribution in [0.25, 0.3) is 4.85 Å². The van der Waals surface area contributed by atoms with Crippen molar-refractivity contribution in [1.29, 1.82) is 10.5 Å². The van der Waals surface area contributed by atoms with Gasteiger partial charge < -0.3 is 15.5 Å². The van der Waals surface area contributed by atoms with Gasteiger partial charge in [0.1, 0.15) is 6.07 Å². The van der Waals surface area contributed by atoms with Crippen LogP contribution in [-0.2, 0) is 9.53 Å². The van der Waals surface area contributed by atoms with Gasteiger partial charge in [-0.15, -0.1) is 47.9 Å². The molecular formula is C18H21N5O3S5. The fraction of sp³-hybridized carbons (Fsp3) is 0.333. The molecule has 13 heteroatoms. The number of H-pyrrole nitrogens is 1. The molecule has 0 aliphatic rings. The van der Waals surface area contributed by atoms with Gasteiger partial charge in [0.25, 0.3) is 11.2 Å². The number of carbonyl (C=O) groups is 1. The summed E-state index contributed by atoms with van der Waals surface area (Å²) in [6, 6.07) is 3.62. The van der Waals surface area contributed by atoms with E-state index in [0.29, 0.717) is 14.2 Å². The van der Waals surface area contributed by atoms with Gasteiger partial charge >= 0.3 is 5.97 Å². The molecule has 0 unspecified atom stereocenters. The molecular weight excluding hydrogens is 495 g/mol. The Bertz CT molecular complexity index is 994. The molecule has 31 heavy (non-hydrogen) atoms. The number of rotatable bonds is 5. The summed E-state index contributed by atoms with van der Waals surface area (Å²) < 4.78 is 5.13. The number of thioether (sulfide) groups is 3. The van der Waals surface area contributed by atoms with E-state index >= 15 is 0 Å². The number of aromatic amines is 1. The monoisotopic (exact) mass is 515 g/mol. The normalized spacial score (nSPS) is 8.61. The fourth-order valence-electron chi connectivity index (χ4n) is 1.64. The maximum Gasteiger partial charge on any atom is 0.350 e. The molecule has 1 aromatic heterocycles. The maximum atomic E-state index is 11.3. The summed E-state index contributed by atoms with van der Waals surface area (Å²) in [6.45, 7) is 8.69. The molecule has 0 aliphatic heterocycles. The molecule has 0 bridgehead atoms. The summed E-state index contributed by atoms with van der Waals surface area (Å²) in [4.78, 5) is 28.9. The number of pyridine rings is 1. The Balaban J connectivity index is 0. The van der Waals surface area contributed by atoms with Crippen molar-refractivity contribution in [2.75, 3.05) is 25.9 Å². The standard InChI is InChI=1S/C8H8N2OS2.C7H9NO2S2.C3H4N2S/c1-4-6(13-3)5(9-2)7(11)10-8(4)12;1-10-6(9)5(4-8)7(11-2)12-3;4-2-1-3(5)6/h1,3H3,(H2,10,11,12);1-3H3;1H2,(H2,5,6). The van der Waals surface area contributed by atoms with Crippen LogP contribution in [0.2, 0.25) is 0 Å². The van der Waals surface area contributed by atoms with E-state index in [1.807, 2.05) is 31.8 Å². The predicted octanol–water partition coefficient (Wildman–Crippen LogP) is 4.05. The second-order valence-corrected chi connectivity index (χ2v) is 8.58. The van der Waals surface area contributed by atoms with Crippen LogP contribution in [0.15, 0.2) is 24.5 Å². The number of esters is 1. The number of carbonyl (C=O) groups excluding carboxylic acids is 1. The van der Waals surface area contributed by atoms with E-state index in [1.165, 1.54) is 42.4 Å². The molecule has 0 saturated heterocycles. The number of thiol groups is 1. The number of hydrogen-bond acceptors (Lipinski definition) is 10. The highest BCUT2D eigenvalue weighted by Gasteiger charge is 2.14. The highest BCUT2D eigenvalue weighted by atomic mass is 32.2. The lowest BCUT2D eigenvalue weighted by Crippen LogP contribution is -2.07. The SMILES string of the molecule is COC(=O)C(C#N)=C(SC)SC.N#CCC(N)=S.[C-]#[N+]c1c(SC)c(C)c(S)[nH]c1=O. The largest absolute Gasteiger partial charge is 0.465 e. The van der Waals surface area contributed by atoms with Crippen LogP contribution in [0.4, 0.5) is 5.69 Å². The molecule has 0 atom stereocenters. The molecule has 0 fully saturated rings. The first-order valence-electron chi connectivity index (χ1n) is 7.93. The van der Waals surface area contributed by atoms with E-state index in [4.69, 9.17) is 22.8 Å². The number of hydrogen-bond donors (Lipinski definition) is 3. The van der Waals surface area contributed by atoms with Crippen LogP contribution in [-0.4, -0.2) is 41.8 Å². The minimum absolute atomic E-state index is 0.0810. The molecule has 0 aliphatic carbocycles. The molecule has 1 rings (SSSR count). The molecule has 0 saturated carbocycles. The number of nitriles is 2. The van der Waals surface area contributed by atoms with E-state index < -0.39 is 5.97 Å². The topological polar surface area (TPSA) is 137 Å². The molecule has 1 heterocycles. The first-order chi connectivity index (χ1) is 14.6. The molecule has 0 radical (unpaired) electrons. The van der Waals surface area contributed by atoms with Crippen molar-refractivity contribution >= 4 is 76.8 Å². The molecule has 0 spiro atoms. The minimum Gasteiger partial charge on any atom is -0.465 e. The lowest BCUT2D eigenvalue weighted by molar-refractivity contribution is -0.135. The third kappa shape index (κ3) is 11.2. The molecule has 166 valence electrons. The maximum absolute atomic E-state index is 11.3. The number of ether oxygens (including phenoxy) is 1. The highest BCUT2D eigenvalue weighted by molar-refractivity contribution is 8.21. The summed E-state index contributed by atoms with van der Waals surface area (Å²) in [5.74, 6) is -0.573. The van der Waals surface area contributed by atoms with E-state index in [0.717, 1.165) is 5.56 Å². The molecule has 0 aromatic carbocycles. The zero-order valence-corrected chi connectivity index (χ0v) is 21.6. The molecule has 3 N–H and O–H groups in total. The van der Waals surface area contributed by atoms with Crippen molar-refractivity contribution in [2.24, 2.45) is 5.73 Å². The Morgan fingerprint density at radius 1 is 1.35 bits per heavy atom. The fourth-order valence-corrected chi connectivity index (χ4v) is 4.07. The summed E-state index contributed by atoms with van der Waals surface area (Å²) in [7, 11) is 1.26. The van der Waals surface area contributed by atoms with E-state index in [1.54, 1.807) is 6.07 Å². The molecule has 1 aromatic rings. The first kappa shape index (κ1) is 31.1. The average molecular weight is 516 g/mol. The van der Waals surface area contributed by atoms with Crippen LogP contribution < -0.4 is 11.3 Å². The quantitative estimate of drug-likeness (QED) is 0.100. The van der Waals surface area contributed by atoms with Crippen LogP contribution in [0, 0.1) is 36.2 Å². The van der Waals surface area contributed by atoms with E-state index in [2.05, 4.69) is 39.4 Å². The van der Waals surface area contributed by atoms with Gasteiger partial charge in [-0.2, -0.15) is 10.5 Å². The second-order valence-electron chi connectivity index (χ2n) is 4.90. The Labute approximate surface area is 205 Å². The van der Waals surface area contributed by atoms with Gasteiger partial charge in [-0.25, -0.2) is 9.64 Å². The number of thiocarbonyl (C=S) groups is 1. The first-order valence-corrected chi connectivity index (χ1v) is 12.5. The van der Waals surface area contributed by atoms with Gasteiger partial charge in [0.15, 0.2) is 5.57 Å². The second kappa shape index (κ2) is 17.6. The molecule has 8 nitrogen and oxygen atoms in total. The number of nitrogens with two attached hydrogens (primary N) is 1. The predicted molar refractivity (Wildman–Crippen MR) is 136 cm³/mol. The zero-order valence-electron chi connectivity index (χ0n) is 17.4. The smallest absolute Gasteiger partial charge is 0.350 e. The van der Waals surface area contributed by atoms with Crippen molar-refractivity contribution in [3.8, 4) is 12.1 Å². The van der Waals surface area contributed by atoms with E-state index in [9.17, 15) is 9.59 Å². The Hall–Kier alpha value is -2.08. The Morgan fingerprint density at radius 3 is 2.19 bits per heavy atom. The van der Waals surface area contributed by atoms with Gasteiger partial charge in [0, 0.05) is 4.90 Å². The van der Waals surface area contributed by atoms with Crippen LogP contribution in [0.5, 0.6) is 0 Å².